The van der Waals surface area contributed by atoms with Crippen molar-refractivity contribution in [1.29, 1.82) is 0 Å². The first-order chi connectivity index (χ1) is 8.27. The number of halogens is 1. The summed E-state index contributed by atoms with van der Waals surface area (Å²) in [6.07, 6.45) is 3.81. The molecule has 94 valence electrons. The van der Waals surface area contributed by atoms with E-state index in [1.54, 1.807) is 7.11 Å². The number of ether oxygens (including phenoxy) is 1. The third-order valence-corrected chi connectivity index (χ3v) is 3.72. The maximum atomic E-state index is 6.30. The van der Waals surface area contributed by atoms with Crippen molar-refractivity contribution in [3.8, 4) is 5.75 Å². The predicted molar refractivity (Wildman–Crippen MR) is 72.0 cm³/mol. The van der Waals surface area contributed by atoms with Gasteiger partial charge in [-0.05, 0) is 31.4 Å². The van der Waals surface area contributed by atoms with Crippen LogP contribution in [0.3, 0.4) is 0 Å². The molecular weight excluding hydrogens is 236 g/mol. The largest absolute Gasteiger partial charge is 0.495 e. The highest BCUT2D eigenvalue weighted by atomic mass is 35.5. The quantitative estimate of drug-likeness (QED) is 0.902. The van der Waals surface area contributed by atoms with Gasteiger partial charge in [-0.15, -0.1) is 0 Å². The van der Waals surface area contributed by atoms with Gasteiger partial charge in [0, 0.05) is 30.9 Å². The molecule has 1 aromatic rings. The Morgan fingerprint density at radius 1 is 1.29 bits per heavy atom. The van der Waals surface area contributed by atoms with Crippen LogP contribution in [0, 0.1) is 0 Å². The number of hydrogen-bond donors (Lipinski definition) is 1. The van der Waals surface area contributed by atoms with E-state index in [9.17, 15) is 0 Å². The zero-order valence-electron chi connectivity index (χ0n) is 10.2. The summed E-state index contributed by atoms with van der Waals surface area (Å²) in [5.74, 6) is 0.702. The SMILES string of the molecule is COc1ccc(N2CCCCC2)c(CN)c1Cl. The normalized spacial score (nSPS) is 16.1. The van der Waals surface area contributed by atoms with Gasteiger partial charge in [-0.2, -0.15) is 0 Å². The molecule has 0 aliphatic carbocycles. The number of anilines is 1. The second kappa shape index (κ2) is 5.61. The highest BCUT2D eigenvalue weighted by Gasteiger charge is 2.17. The zero-order valence-corrected chi connectivity index (χ0v) is 11.0. The van der Waals surface area contributed by atoms with Crippen LogP contribution in [0.15, 0.2) is 12.1 Å². The Balaban J connectivity index is 2.35. The number of nitrogens with zero attached hydrogens (tertiary/aromatic N) is 1. The lowest BCUT2D eigenvalue weighted by Gasteiger charge is -2.31. The van der Waals surface area contributed by atoms with Crippen molar-refractivity contribution in [2.75, 3.05) is 25.1 Å². The third kappa shape index (κ3) is 2.50. The number of benzene rings is 1. The van der Waals surface area contributed by atoms with Crippen molar-refractivity contribution in [3.63, 3.8) is 0 Å². The van der Waals surface area contributed by atoms with E-state index >= 15 is 0 Å². The van der Waals surface area contributed by atoms with E-state index in [4.69, 9.17) is 22.1 Å². The average molecular weight is 255 g/mol. The molecule has 0 unspecified atom stereocenters. The lowest BCUT2D eigenvalue weighted by atomic mass is 10.1. The Morgan fingerprint density at radius 3 is 2.59 bits per heavy atom. The fraction of sp³-hybridized carbons (Fsp3) is 0.538. The molecule has 0 aromatic heterocycles. The van der Waals surface area contributed by atoms with Crippen LogP contribution in [0.25, 0.3) is 0 Å². The van der Waals surface area contributed by atoms with Crippen molar-refractivity contribution in [2.45, 2.75) is 25.8 Å². The minimum absolute atomic E-state index is 0.446. The number of methoxy groups -OCH3 is 1. The first kappa shape index (κ1) is 12.5. The minimum Gasteiger partial charge on any atom is -0.495 e. The van der Waals surface area contributed by atoms with Gasteiger partial charge in [-0.1, -0.05) is 11.6 Å². The summed E-state index contributed by atoms with van der Waals surface area (Å²) in [6.45, 7) is 2.63. The number of hydrogen-bond acceptors (Lipinski definition) is 3. The molecule has 17 heavy (non-hydrogen) atoms. The van der Waals surface area contributed by atoms with Crippen molar-refractivity contribution in [2.24, 2.45) is 5.73 Å². The highest BCUT2D eigenvalue weighted by Crippen LogP contribution is 2.35. The van der Waals surface area contributed by atoms with E-state index < -0.39 is 0 Å². The smallest absolute Gasteiger partial charge is 0.137 e. The van der Waals surface area contributed by atoms with E-state index in [0.717, 1.165) is 24.3 Å². The Morgan fingerprint density at radius 2 is 2.00 bits per heavy atom. The van der Waals surface area contributed by atoms with Crippen molar-refractivity contribution in [3.05, 3.63) is 22.7 Å². The molecule has 0 radical (unpaired) electrons. The molecule has 0 bridgehead atoms. The van der Waals surface area contributed by atoms with Gasteiger partial charge in [0.25, 0.3) is 0 Å². The van der Waals surface area contributed by atoms with E-state index in [0.29, 0.717) is 17.3 Å². The van der Waals surface area contributed by atoms with Crippen molar-refractivity contribution < 1.29 is 4.74 Å². The molecule has 3 nitrogen and oxygen atoms in total. The third-order valence-electron chi connectivity index (χ3n) is 3.30. The lowest BCUT2D eigenvalue weighted by molar-refractivity contribution is 0.414. The predicted octanol–water partition coefficient (Wildman–Crippen LogP) is 2.80. The number of rotatable bonds is 3. The highest BCUT2D eigenvalue weighted by molar-refractivity contribution is 6.33. The molecule has 4 heteroatoms. The lowest BCUT2D eigenvalue weighted by Crippen LogP contribution is -2.30. The van der Waals surface area contributed by atoms with Gasteiger partial charge in [-0.3, -0.25) is 0 Å². The topological polar surface area (TPSA) is 38.5 Å². The molecule has 1 aromatic carbocycles. The second-order valence-corrected chi connectivity index (χ2v) is 4.71. The summed E-state index contributed by atoms with van der Waals surface area (Å²) in [5.41, 5.74) is 7.97. The van der Waals surface area contributed by atoms with Crippen LogP contribution in [-0.4, -0.2) is 20.2 Å². The van der Waals surface area contributed by atoms with Gasteiger partial charge in [0.05, 0.1) is 12.1 Å². The van der Waals surface area contributed by atoms with Crippen LogP contribution in [-0.2, 0) is 6.54 Å². The Kier molecular flexibility index (Phi) is 4.13. The van der Waals surface area contributed by atoms with Gasteiger partial charge in [-0.25, -0.2) is 0 Å². The standard InChI is InChI=1S/C13H19ClN2O/c1-17-12-6-5-11(10(9-15)13(12)14)16-7-3-2-4-8-16/h5-6H,2-4,7-9,15H2,1H3. The second-order valence-electron chi connectivity index (χ2n) is 4.33. The Bertz CT molecular complexity index is 389. The first-order valence-corrected chi connectivity index (χ1v) is 6.46. The van der Waals surface area contributed by atoms with E-state index in [1.807, 2.05) is 6.07 Å². The fourth-order valence-electron chi connectivity index (χ4n) is 2.37. The molecule has 0 amide bonds. The van der Waals surface area contributed by atoms with E-state index in [-0.39, 0.29) is 0 Å². The van der Waals surface area contributed by atoms with Crippen LogP contribution in [0.1, 0.15) is 24.8 Å². The van der Waals surface area contributed by atoms with Crippen LogP contribution < -0.4 is 15.4 Å². The molecule has 0 spiro atoms. The summed E-state index contributed by atoms with van der Waals surface area (Å²) >= 11 is 6.30. The minimum atomic E-state index is 0.446. The fourth-order valence-corrected chi connectivity index (χ4v) is 2.69. The van der Waals surface area contributed by atoms with Crippen LogP contribution in [0.4, 0.5) is 5.69 Å². The summed E-state index contributed by atoms with van der Waals surface area (Å²) < 4.78 is 5.22. The zero-order chi connectivity index (χ0) is 12.3. The molecule has 1 aliphatic rings. The van der Waals surface area contributed by atoms with Gasteiger partial charge in [0.15, 0.2) is 0 Å². The molecule has 1 aliphatic heterocycles. The molecule has 1 fully saturated rings. The molecule has 0 atom stereocenters. The summed E-state index contributed by atoms with van der Waals surface area (Å²) in [7, 11) is 1.63. The summed E-state index contributed by atoms with van der Waals surface area (Å²) in [6, 6.07) is 3.99. The molecule has 2 rings (SSSR count). The van der Waals surface area contributed by atoms with Crippen LogP contribution in [0.2, 0.25) is 5.02 Å². The monoisotopic (exact) mass is 254 g/mol. The maximum absolute atomic E-state index is 6.30. The van der Waals surface area contributed by atoms with E-state index in [2.05, 4.69) is 11.0 Å². The molecule has 1 heterocycles. The Labute approximate surface area is 107 Å². The van der Waals surface area contributed by atoms with Crippen molar-refractivity contribution in [1.82, 2.24) is 0 Å². The number of piperidine rings is 1. The summed E-state index contributed by atoms with van der Waals surface area (Å²) in [4.78, 5) is 2.37. The van der Waals surface area contributed by atoms with Crippen molar-refractivity contribution >= 4 is 17.3 Å². The molecular formula is C13H19ClN2O. The van der Waals surface area contributed by atoms with Gasteiger partial charge >= 0.3 is 0 Å². The van der Waals surface area contributed by atoms with E-state index in [1.165, 1.54) is 19.3 Å². The van der Waals surface area contributed by atoms with Gasteiger partial charge in [0.1, 0.15) is 5.75 Å². The number of nitrogens with two attached hydrogens (primary N) is 1. The van der Waals surface area contributed by atoms with Crippen LogP contribution in [0.5, 0.6) is 5.75 Å². The molecule has 1 saturated heterocycles. The van der Waals surface area contributed by atoms with Crippen LogP contribution >= 0.6 is 11.6 Å². The van der Waals surface area contributed by atoms with Gasteiger partial charge < -0.3 is 15.4 Å². The molecule has 2 N–H and O–H groups in total. The molecule has 0 saturated carbocycles. The maximum Gasteiger partial charge on any atom is 0.137 e. The summed E-state index contributed by atoms with van der Waals surface area (Å²) in [5, 5.41) is 0.651. The Hall–Kier alpha value is -0.930. The first-order valence-electron chi connectivity index (χ1n) is 6.08. The van der Waals surface area contributed by atoms with Gasteiger partial charge in [0.2, 0.25) is 0 Å². The average Bonchev–Trinajstić information content (AvgIpc) is 2.39.